The lowest BCUT2D eigenvalue weighted by Crippen LogP contribution is -2.39. The third-order valence-electron chi connectivity index (χ3n) is 4.84. The van der Waals surface area contributed by atoms with Gasteiger partial charge >= 0.3 is 10.2 Å². The van der Waals surface area contributed by atoms with Crippen LogP contribution in [-0.2, 0) is 10.2 Å². The molecule has 10 heteroatoms. The normalized spacial score (nSPS) is 14.9. The highest BCUT2D eigenvalue weighted by atomic mass is 32.2. The number of nitrogens with one attached hydrogen (secondary N) is 1. The molecule has 1 aliphatic rings. The molecule has 9 nitrogen and oxygen atoms in total. The molecule has 31 heavy (non-hydrogen) atoms. The summed E-state index contributed by atoms with van der Waals surface area (Å²) in [5.41, 5.74) is -0.159. The van der Waals surface area contributed by atoms with Crippen molar-refractivity contribution in [1.29, 1.82) is 0 Å². The lowest BCUT2D eigenvalue weighted by Gasteiger charge is -2.26. The van der Waals surface area contributed by atoms with E-state index in [0.717, 1.165) is 25.3 Å². The third kappa shape index (κ3) is 5.59. The maximum absolute atomic E-state index is 12.9. The summed E-state index contributed by atoms with van der Waals surface area (Å²) in [4.78, 5) is 23.6. The van der Waals surface area contributed by atoms with E-state index in [1.807, 2.05) is 13.8 Å². The van der Waals surface area contributed by atoms with Gasteiger partial charge < -0.3 is 4.74 Å². The average Bonchev–Trinajstić information content (AvgIpc) is 2.73. The summed E-state index contributed by atoms with van der Waals surface area (Å²) in [7, 11) is -3.97. The highest BCUT2D eigenvalue weighted by Gasteiger charge is 2.27. The molecule has 1 N–H and O–H groups in total. The van der Waals surface area contributed by atoms with E-state index in [2.05, 4.69) is 4.72 Å². The van der Waals surface area contributed by atoms with Crippen molar-refractivity contribution in [1.82, 2.24) is 4.31 Å². The van der Waals surface area contributed by atoms with Crippen LogP contribution in [-0.4, -0.2) is 42.6 Å². The minimum atomic E-state index is -3.97. The first-order valence-corrected chi connectivity index (χ1v) is 11.5. The zero-order valence-corrected chi connectivity index (χ0v) is 18.2. The predicted octanol–water partition coefficient (Wildman–Crippen LogP) is 3.76. The molecule has 0 spiro atoms. The fourth-order valence-electron chi connectivity index (χ4n) is 3.35. The smallest absolute Gasteiger partial charge is 0.301 e. The Morgan fingerprint density at radius 3 is 2.26 bits per heavy atom. The van der Waals surface area contributed by atoms with E-state index < -0.39 is 20.8 Å². The first-order chi connectivity index (χ1) is 14.7. The molecular weight excluding hydrogens is 422 g/mol. The van der Waals surface area contributed by atoms with Gasteiger partial charge in [-0.2, -0.15) is 12.7 Å². The van der Waals surface area contributed by atoms with Crippen LogP contribution in [0.5, 0.6) is 5.75 Å². The van der Waals surface area contributed by atoms with E-state index in [4.69, 9.17) is 4.74 Å². The lowest BCUT2D eigenvalue weighted by molar-refractivity contribution is -0.383. The van der Waals surface area contributed by atoms with Crippen molar-refractivity contribution in [2.24, 2.45) is 0 Å². The Kier molecular flexibility index (Phi) is 6.91. The van der Waals surface area contributed by atoms with E-state index in [0.29, 0.717) is 24.4 Å². The number of hydrogen-bond donors (Lipinski definition) is 1. The zero-order valence-electron chi connectivity index (χ0n) is 17.4. The number of nitro benzene ring substituents is 1. The quantitative estimate of drug-likeness (QED) is 0.374. The van der Waals surface area contributed by atoms with Gasteiger partial charge in [0, 0.05) is 30.3 Å². The Balaban J connectivity index is 1.88. The number of benzene rings is 2. The number of carbonyl (C=O) groups is 1. The molecule has 0 bridgehead atoms. The minimum Gasteiger partial charge on any atom is -0.491 e. The molecular formula is C21H25N3O6S. The molecule has 0 radical (unpaired) electrons. The predicted molar refractivity (Wildman–Crippen MR) is 117 cm³/mol. The summed E-state index contributed by atoms with van der Waals surface area (Å²) in [5, 5.41) is 11.4. The van der Waals surface area contributed by atoms with Crippen molar-refractivity contribution in [2.75, 3.05) is 17.8 Å². The molecule has 0 unspecified atom stereocenters. The van der Waals surface area contributed by atoms with Crippen molar-refractivity contribution >= 4 is 27.4 Å². The lowest BCUT2D eigenvalue weighted by atomic mass is 10.0. The molecule has 0 amide bonds. The fourth-order valence-corrected chi connectivity index (χ4v) is 4.66. The van der Waals surface area contributed by atoms with Crippen LogP contribution in [0.2, 0.25) is 0 Å². The van der Waals surface area contributed by atoms with E-state index >= 15 is 0 Å². The highest BCUT2D eigenvalue weighted by molar-refractivity contribution is 7.90. The molecule has 1 aliphatic heterocycles. The number of piperidine rings is 1. The van der Waals surface area contributed by atoms with Gasteiger partial charge in [-0.15, -0.1) is 0 Å². The van der Waals surface area contributed by atoms with Crippen LogP contribution in [0.25, 0.3) is 0 Å². The molecule has 2 aromatic carbocycles. The summed E-state index contributed by atoms with van der Waals surface area (Å²) in [6, 6.07) is 10.2. The summed E-state index contributed by atoms with van der Waals surface area (Å²) >= 11 is 0. The topological polar surface area (TPSA) is 119 Å². The standard InChI is InChI=1S/C21H25N3O6S/c1-15(2)30-18-9-6-16(7-10-18)21(25)17-8-11-20(24(26)27)19(14-17)22-31(28,29)23-12-4-3-5-13-23/h6-11,14-15,22H,3-5,12-13H2,1-2H3. The van der Waals surface area contributed by atoms with E-state index in [1.165, 1.54) is 16.4 Å². The molecule has 0 aromatic heterocycles. The van der Waals surface area contributed by atoms with Crippen LogP contribution in [0.1, 0.15) is 49.0 Å². The van der Waals surface area contributed by atoms with Crippen molar-refractivity contribution in [3.63, 3.8) is 0 Å². The monoisotopic (exact) mass is 447 g/mol. The maximum atomic E-state index is 12.9. The summed E-state index contributed by atoms with van der Waals surface area (Å²) in [5.74, 6) is 0.231. The molecule has 1 heterocycles. The SMILES string of the molecule is CC(C)Oc1ccc(C(=O)c2ccc([N+](=O)[O-])c(NS(=O)(=O)N3CCCCC3)c2)cc1. The molecule has 3 rings (SSSR count). The second kappa shape index (κ2) is 9.44. The van der Waals surface area contributed by atoms with Crippen LogP contribution in [0.15, 0.2) is 42.5 Å². The van der Waals surface area contributed by atoms with Gasteiger partial charge in [0.05, 0.1) is 11.0 Å². The summed E-state index contributed by atoms with van der Waals surface area (Å²) < 4.78 is 34.5. The van der Waals surface area contributed by atoms with E-state index in [1.54, 1.807) is 24.3 Å². The maximum Gasteiger partial charge on any atom is 0.301 e. The van der Waals surface area contributed by atoms with Gasteiger partial charge in [-0.05, 0) is 63.1 Å². The molecule has 1 saturated heterocycles. The number of ketones is 1. The van der Waals surface area contributed by atoms with Gasteiger partial charge in [0.1, 0.15) is 11.4 Å². The fraction of sp³-hybridized carbons (Fsp3) is 0.381. The largest absolute Gasteiger partial charge is 0.491 e. The van der Waals surface area contributed by atoms with Crippen LogP contribution >= 0.6 is 0 Å². The Hall–Kier alpha value is -2.98. The third-order valence-corrected chi connectivity index (χ3v) is 6.36. The molecule has 2 aromatic rings. The molecule has 0 saturated carbocycles. The van der Waals surface area contributed by atoms with Gasteiger partial charge in [0.2, 0.25) is 0 Å². The first-order valence-electron chi connectivity index (χ1n) is 10.0. The average molecular weight is 448 g/mol. The number of anilines is 1. The molecule has 166 valence electrons. The van der Waals surface area contributed by atoms with Crippen LogP contribution in [0.3, 0.4) is 0 Å². The van der Waals surface area contributed by atoms with Crippen molar-refractivity contribution in [3.05, 3.63) is 63.7 Å². The number of nitro groups is 1. The van der Waals surface area contributed by atoms with Crippen LogP contribution in [0.4, 0.5) is 11.4 Å². The Morgan fingerprint density at radius 1 is 1.06 bits per heavy atom. The van der Waals surface area contributed by atoms with Crippen LogP contribution in [0, 0.1) is 10.1 Å². The molecule has 1 fully saturated rings. The van der Waals surface area contributed by atoms with E-state index in [-0.39, 0.29) is 23.1 Å². The second-order valence-electron chi connectivity index (χ2n) is 7.58. The van der Waals surface area contributed by atoms with Crippen molar-refractivity contribution in [3.8, 4) is 5.75 Å². The van der Waals surface area contributed by atoms with Crippen molar-refractivity contribution in [2.45, 2.75) is 39.2 Å². The minimum absolute atomic E-state index is 0.00768. The number of carbonyl (C=O) groups excluding carboxylic acids is 1. The summed E-state index contributed by atoms with van der Waals surface area (Å²) in [6.45, 7) is 4.49. The van der Waals surface area contributed by atoms with E-state index in [9.17, 15) is 23.3 Å². The Labute approximate surface area is 181 Å². The van der Waals surface area contributed by atoms with Gasteiger partial charge in [-0.1, -0.05) is 6.42 Å². The Morgan fingerprint density at radius 2 is 1.68 bits per heavy atom. The molecule has 0 atom stereocenters. The van der Waals surface area contributed by atoms with Gasteiger partial charge in [0.25, 0.3) is 5.69 Å². The number of rotatable bonds is 8. The summed E-state index contributed by atoms with van der Waals surface area (Å²) in [6.07, 6.45) is 2.40. The second-order valence-corrected chi connectivity index (χ2v) is 9.25. The zero-order chi connectivity index (χ0) is 22.6. The first kappa shape index (κ1) is 22.7. The molecule has 0 aliphatic carbocycles. The number of nitrogens with zero attached hydrogens (tertiary/aromatic N) is 2. The van der Waals surface area contributed by atoms with Gasteiger partial charge in [-0.25, -0.2) is 0 Å². The van der Waals surface area contributed by atoms with Crippen molar-refractivity contribution < 1.29 is 22.9 Å². The number of hydrogen-bond acceptors (Lipinski definition) is 6. The highest BCUT2D eigenvalue weighted by Crippen LogP contribution is 2.29. The Bertz CT molecular complexity index is 1060. The van der Waals surface area contributed by atoms with Gasteiger partial charge in [0.15, 0.2) is 5.78 Å². The number of ether oxygens (including phenoxy) is 1. The van der Waals surface area contributed by atoms with Crippen LogP contribution < -0.4 is 9.46 Å². The van der Waals surface area contributed by atoms with Gasteiger partial charge in [-0.3, -0.25) is 19.6 Å².